The third-order valence-corrected chi connectivity index (χ3v) is 5.24. The summed E-state index contributed by atoms with van der Waals surface area (Å²) in [6, 6.07) is 4.62. The summed E-state index contributed by atoms with van der Waals surface area (Å²) < 4.78 is 38.0. The highest BCUT2D eigenvalue weighted by molar-refractivity contribution is 7.89. The van der Waals surface area contributed by atoms with Gasteiger partial charge in [-0.2, -0.15) is 0 Å². The number of carbonyl (C=O) groups excluding carboxylic acids is 1. The fourth-order valence-electron chi connectivity index (χ4n) is 2.57. The average Bonchev–Trinajstić information content (AvgIpc) is 3.02. The Kier molecular flexibility index (Phi) is 3.94. The normalized spacial score (nSPS) is 20.0. The summed E-state index contributed by atoms with van der Waals surface area (Å²) in [6.07, 6.45) is 0.635. The topological polar surface area (TPSA) is 93.7 Å². The number of sulfonamides is 1. The summed E-state index contributed by atoms with van der Waals surface area (Å²) in [5.74, 6) is -0.850. The molecule has 2 heterocycles. The van der Waals surface area contributed by atoms with E-state index in [1.54, 1.807) is 13.0 Å². The van der Waals surface area contributed by atoms with E-state index < -0.39 is 15.8 Å². The molecule has 0 aliphatic carbocycles. The first-order valence-electron chi connectivity index (χ1n) is 7.08. The number of hydrogen-bond donors (Lipinski definition) is 2. The second-order valence-electron chi connectivity index (χ2n) is 5.52. The first-order valence-corrected chi connectivity index (χ1v) is 8.57. The van der Waals surface area contributed by atoms with E-state index in [0.29, 0.717) is 30.9 Å². The van der Waals surface area contributed by atoms with Crippen LogP contribution in [0.25, 0.3) is 0 Å². The van der Waals surface area contributed by atoms with Gasteiger partial charge in [0.05, 0.1) is 24.5 Å². The predicted octanol–water partition coefficient (Wildman–Crippen LogP) is 0.613. The number of anilines is 1. The Morgan fingerprint density at radius 1 is 1.32 bits per heavy atom. The van der Waals surface area contributed by atoms with Crippen molar-refractivity contribution in [2.24, 2.45) is 0 Å². The molecule has 0 unspecified atom stereocenters. The lowest BCUT2D eigenvalue weighted by molar-refractivity contribution is -0.145. The van der Waals surface area contributed by atoms with Crippen LogP contribution in [0.3, 0.4) is 0 Å². The highest BCUT2D eigenvalue weighted by atomic mass is 32.2. The summed E-state index contributed by atoms with van der Waals surface area (Å²) in [7, 11) is -3.62. The van der Waals surface area contributed by atoms with Crippen LogP contribution >= 0.6 is 0 Å². The minimum absolute atomic E-state index is 0.124. The summed E-state index contributed by atoms with van der Waals surface area (Å²) in [5.41, 5.74) is 1.37. The molecule has 8 heteroatoms. The standard InChI is InChI=1S/C14H18N2O5S/c1-14(20-6-7-21-14)4-5-15-22(18,19)11-2-3-12-10(8-11)9-13(17)16-12/h2-3,8,15H,4-7,9H2,1H3,(H,16,17). The molecule has 0 atom stereocenters. The van der Waals surface area contributed by atoms with E-state index in [4.69, 9.17) is 9.47 Å². The molecule has 2 aliphatic heterocycles. The first-order chi connectivity index (χ1) is 10.4. The van der Waals surface area contributed by atoms with Gasteiger partial charge in [-0.3, -0.25) is 4.79 Å². The van der Waals surface area contributed by atoms with Crippen molar-refractivity contribution in [3.05, 3.63) is 23.8 Å². The largest absolute Gasteiger partial charge is 0.348 e. The number of nitrogens with one attached hydrogen (secondary N) is 2. The molecule has 1 saturated heterocycles. The minimum atomic E-state index is -3.62. The van der Waals surface area contributed by atoms with Crippen LogP contribution in [-0.2, 0) is 30.7 Å². The van der Waals surface area contributed by atoms with Crippen LogP contribution < -0.4 is 10.0 Å². The van der Waals surface area contributed by atoms with Crippen molar-refractivity contribution in [1.82, 2.24) is 4.72 Å². The third-order valence-electron chi connectivity index (χ3n) is 3.78. The molecule has 1 amide bonds. The van der Waals surface area contributed by atoms with Crippen LogP contribution in [0.5, 0.6) is 0 Å². The molecule has 1 aromatic carbocycles. The fourth-order valence-corrected chi connectivity index (χ4v) is 3.65. The van der Waals surface area contributed by atoms with E-state index in [2.05, 4.69) is 10.0 Å². The number of ether oxygens (including phenoxy) is 2. The van der Waals surface area contributed by atoms with Gasteiger partial charge in [-0.15, -0.1) is 0 Å². The molecule has 2 aliphatic rings. The zero-order valence-corrected chi connectivity index (χ0v) is 13.0. The van der Waals surface area contributed by atoms with E-state index in [-0.39, 0.29) is 23.8 Å². The van der Waals surface area contributed by atoms with Gasteiger partial charge in [0.2, 0.25) is 15.9 Å². The van der Waals surface area contributed by atoms with Gasteiger partial charge in [0.1, 0.15) is 0 Å². The summed E-state index contributed by atoms with van der Waals surface area (Å²) in [6.45, 7) is 3.05. The van der Waals surface area contributed by atoms with Crippen LogP contribution in [0.2, 0.25) is 0 Å². The highest BCUT2D eigenvalue weighted by Crippen LogP contribution is 2.26. The Morgan fingerprint density at radius 2 is 2.05 bits per heavy atom. The molecule has 0 radical (unpaired) electrons. The second kappa shape index (κ2) is 5.62. The number of carbonyl (C=O) groups is 1. The van der Waals surface area contributed by atoms with Crippen LogP contribution in [0.1, 0.15) is 18.9 Å². The summed E-state index contributed by atoms with van der Waals surface area (Å²) >= 11 is 0. The van der Waals surface area contributed by atoms with Gasteiger partial charge in [-0.1, -0.05) is 0 Å². The molecule has 3 rings (SSSR count). The van der Waals surface area contributed by atoms with Gasteiger partial charge in [-0.05, 0) is 30.7 Å². The molecule has 0 bridgehead atoms. The maximum absolute atomic E-state index is 12.3. The van der Waals surface area contributed by atoms with Crippen LogP contribution in [0.15, 0.2) is 23.1 Å². The molecular formula is C14H18N2O5S. The molecule has 120 valence electrons. The van der Waals surface area contributed by atoms with Gasteiger partial charge in [-0.25, -0.2) is 13.1 Å². The Hall–Kier alpha value is -1.48. The second-order valence-corrected chi connectivity index (χ2v) is 7.29. The van der Waals surface area contributed by atoms with E-state index in [9.17, 15) is 13.2 Å². The predicted molar refractivity (Wildman–Crippen MR) is 78.9 cm³/mol. The lowest BCUT2D eigenvalue weighted by Crippen LogP contribution is -2.33. The van der Waals surface area contributed by atoms with Gasteiger partial charge in [0.15, 0.2) is 5.79 Å². The molecule has 0 aromatic heterocycles. The molecule has 7 nitrogen and oxygen atoms in total. The Labute approximate surface area is 129 Å². The summed E-state index contributed by atoms with van der Waals surface area (Å²) in [5, 5.41) is 2.67. The molecule has 22 heavy (non-hydrogen) atoms. The van der Waals surface area contributed by atoms with Crippen LogP contribution in [0, 0.1) is 0 Å². The third kappa shape index (κ3) is 3.14. The zero-order chi connectivity index (χ0) is 15.8. The Bertz CT molecular complexity index is 695. The Balaban J connectivity index is 1.66. The van der Waals surface area contributed by atoms with Crippen LogP contribution in [0.4, 0.5) is 5.69 Å². The van der Waals surface area contributed by atoms with Gasteiger partial charge in [0.25, 0.3) is 0 Å². The molecule has 1 fully saturated rings. The van der Waals surface area contributed by atoms with Crippen LogP contribution in [-0.4, -0.2) is 39.9 Å². The minimum Gasteiger partial charge on any atom is -0.348 e. The van der Waals surface area contributed by atoms with Gasteiger partial charge in [0, 0.05) is 18.7 Å². The van der Waals surface area contributed by atoms with E-state index in [1.165, 1.54) is 12.1 Å². The van der Waals surface area contributed by atoms with Crippen molar-refractivity contribution in [2.75, 3.05) is 25.1 Å². The van der Waals surface area contributed by atoms with Crippen molar-refractivity contribution < 1.29 is 22.7 Å². The number of benzene rings is 1. The number of rotatable bonds is 5. The molecule has 0 saturated carbocycles. The smallest absolute Gasteiger partial charge is 0.240 e. The van der Waals surface area contributed by atoms with Crippen molar-refractivity contribution in [2.45, 2.75) is 30.4 Å². The van der Waals surface area contributed by atoms with Gasteiger partial charge < -0.3 is 14.8 Å². The Morgan fingerprint density at radius 3 is 2.77 bits per heavy atom. The molecule has 1 aromatic rings. The van der Waals surface area contributed by atoms with Crippen molar-refractivity contribution in [1.29, 1.82) is 0 Å². The maximum Gasteiger partial charge on any atom is 0.240 e. The number of amides is 1. The molecule has 0 spiro atoms. The summed E-state index contributed by atoms with van der Waals surface area (Å²) in [4.78, 5) is 11.5. The first kappa shape index (κ1) is 15.4. The van der Waals surface area contributed by atoms with E-state index >= 15 is 0 Å². The highest BCUT2D eigenvalue weighted by Gasteiger charge is 2.31. The maximum atomic E-state index is 12.3. The SMILES string of the molecule is CC1(CCNS(=O)(=O)c2ccc3c(c2)CC(=O)N3)OCCO1. The zero-order valence-electron chi connectivity index (χ0n) is 12.2. The number of hydrogen-bond acceptors (Lipinski definition) is 5. The lowest BCUT2D eigenvalue weighted by Gasteiger charge is -2.22. The van der Waals surface area contributed by atoms with Crippen molar-refractivity contribution in [3.63, 3.8) is 0 Å². The fraction of sp³-hybridized carbons (Fsp3) is 0.500. The van der Waals surface area contributed by atoms with Crippen molar-refractivity contribution in [3.8, 4) is 0 Å². The molecular weight excluding hydrogens is 308 g/mol. The average molecular weight is 326 g/mol. The molecule has 2 N–H and O–H groups in total. The van der Waals surface area contributed by atoms with E-state index in [0.717, 1.165) is 0 Å². The van der Waals surface area contributed by atoms with Crippen molar-refractivity contribution >= 4 is 21.6 Å². The monoisotopic (exact) mass is 326 g/mol. The van der Waals surface area contributed by atoms with E-state index in [1.807, 2.05) is 0 Å². The quantitative estimate of drug-likeness (QED) is 0.827. The van der Waals surface area contributed by atoms with Gasteiger partial charge >= 0.3 is 0 Å². The lowest BCUT2D eigenvalue weighted by atomic mass is 10.2. The number of fused-ring (bicyclic) bond motifs is 1.